The summed E-state index contributed by atoms with van der Waals surface area (Å²) in [4.78, 5) is 12.6. The van der Waals surface area contributed by atoms with E-state index in [0.29, 0.717) is 6.54 Å². The summed E-state index contributed by atoms with van der Waals surface area (Å²) < 4.78 is 0. The molecule has 0 aromatic heterocycles. The third-order valence-electron chi connectivity index (χ3n) is 3.06. The first-order valence-electron chi connectivity index (χ1n) is 5.92. The highest BCUT2D eigenvalue weighted by molar-refractivity contribution is 5.69. The summed E-state index contributed by atoms with van der Waals surface area (Å²) in [6.45, 7) is 6.35. The lowest BCUT2D eigenvalue weighted by molar-refractivity contribution is -0.138. The van der Waals surface area contributed by atoms with E-state index >= 15 is 0 Å². The first-order valence-corrected chi connectivity index (χ1v) is 5.92. The number of hydrogen-bond donors (Lipinski definition) is 1. The summed E-state index contributed by atoms with van der Waals surface area (Å²) >= 11 is 0. The van der Waals surface area contributed by atoms with Crippen molar-refractivity contribution in [3.63, 3.8) is 0 Å². The normalized spacial score (nSPS) is 12.2. The van der Waals surface area contributed by atoms with Gasteiger partial charge in [-0.15, -0.1) is 6.42 Å². The molecule has 0 heterocycles. The summed E-state index contributed by atoms with van der Waals surface area (Å²) in [5.41, 5.74) is 3.48. The summed E-state index contributed by atoms with van der Waals surface area (Å²) in [5, 5.41) is 8.91. The zero-order valence-electron chi connectivity index (χ0n) is 11.1. The van der Waals surface area contributed by atoms with Gasteiger partial charge < -0.3 is 5.11 Å². The maximum Gasteiger partial charge on any atom is 0.317 e. The lowest BCUT2D eigenvalue weighted by Gasteiger charge is -2.27. The third kappa shape index (κ3) is 3.61. The van der Waals surface area contributed by atoms with Crippen molar-refractivity contribution in [1.82, 2.24) is 4.90 Å². The molecule has 1 rings (SSSR count). The zero-order valence-corrected chi connectivity index (χ0v) is 11.1. The Balaban J connectivity index is 2.98. The molecular formula is C15H19NO2. The number of nitrogens with zero attached hydrogens (tertiary/aromatic N) is 1. The van der Waals surface area contributed by atoms with Crippen molar-refractivity contribution in [3.05, 3.63) is 34.9 Å². The van der Waals surface area contributed by atoms with Crippen LogP contribution in [0.25, 0.3) is 0 Å². The van der Waals surface area contributed by atoms with Crippen LogP contribution in [-0.4, -0.2) is 29.1 Å². The Bertz CT molecular complexity index is 474. The first-order chi connectivity index (χ1) is 8.45. The molecule has 0 bridgehead atoms. The Hall–Kier alpha value is -1.79. The van der Waals surface area contributed by atoms with E-state index in [1.807, 2.05) is 32.9 Å². The van der Waals surface area contributed by atoms with Crippen LogP contribution in [0.4, 0.5) is 0 Å². The second kappa shape index (κ2) is 6.23. The topological polar surface area (TPSA) is 40.5 Å². The minimum absolute atomic E-state index is 0.00208. The Kier molecular flexibility index (Phi) is 4.94. The molecule has 0 spiro atoms. The molecule has 18 heavy (non-hydrogen) atoms. The Morgan fingerprint density at radius 1 is 1.50 bits per heavy atom. The average Bonchev–Trinajstić information content (AvgIpc) is 2.27. The summed E-state index contributed by atoms with van der Waals surface area (Å²) in [7, 11) is 0. The van der Waals surface area contributed by atoms with Gasteiger partial charge in [-0.05, 0) is 31.9 Å². The number of terminal acetylenes is 1. The Morgan fingerprint density at radius 2 is 2.17 bits per heavy atom. The van der Waals surface area contributed by atoms with Crippen LogP contribution < -0.4 is 0 Å². The van der Waals surface area contributed by atoms with Gasteiger partial charge in [0.05, 0.1) is 13.1 Å². The molecule has 1 aromatic carbocycles. The average molecular weight is 245 g/mol. The van der Waals surface area contributed by atoms with E-state index in [-0.39, 0.29) is 12.6 Å². The molecule has 3 heteroatoms. The second-order valence-electron chi connectivity index (χ2n) is 4.54. The number of rotatable bonds is 5. The minimum Gasteiger partial charge on any atom is -0.480 e. The molecule has 1 atom stereocenters. The molecule has 0 fully saturated rings. The van der Waals surface area contributed by atoms with Crippen LogP contribution in [0.1, 0.15) is 29.7 Å². The van der Waals surface area contributed by atoms with Gasteiger partial charge in [0.25, 0.3) is 0 Å². The lowest BCUT2D eigenvalue weighted by Crippen LogP contribution is -2.33. The van der Waals surface area contributed by atoms with Crippen LogP contribution in [0.3, 0.4) is 0 Å². The molecule has 3 nitrogen and oxygen atoms in total. The van der Waals surface area contributed by atoms with Crippen molar-refractivity contribution in [1.29, 1.82) is 0 Å². The number of aryl methyl sites for hydroxylation is 2. The van der Waals surface area contributed by atoms with E-state index in [4.69, 9.17) is 11.5 Å². The zero-order chi connectivity index (χ0) is 13.7. The number of carboxylic acid groups (broad SMARTS) is 1. The number of carboxylic acids is 1. The smallest absolute Gasteiger partial charge is 0.317 e. The Labute approximate surface area is 108 Å². The minimum atomic E-state index is -0.859. The van der Waals surface area contributed by atoms with Gasteiger partial charge in [-0.2, -0.15) is 0 Å². The molecule has 1 aromatic rings. The van der Waals surface area contributed by atoms with Crippen molar-refractivity contribution in [2.45, 2.75) is 26.8 Å². The molecular weight excluding hydrogens is 226 g/mol. The molecule has 1 N–H and O–H groups in total. The number of hydrogen-bond acceptors (Lipinski definition) is 2. The van der Waals surface area contributed by atoms with Crippen molar-refractivity contribution >= 4 is 5.97 Å². The molecule has 1 unspecified atom stereocenters. The van der Waals surface area contributed by atoms with E-state index in [2.05, 4.69) is 12.0 Å². The van der Waals surface area contributed by atoms with Gasteiger partial charge in [0.2, 0.25) is 0 Å². The highest BCUT2D eigenvalue weighted by atomic mass is 16.4. The molecule has 0 radical (unpaired) electrons. The van der Waals surface area contributed by atoms with Crippen LogP contribution >= 0.6 is 0 Å². The lowest BCUT2D eigenvalue weighted by atomic mass is 9.99. The Morgan fingerprint density at radius 3 is 2.67 bits per heavy atom. The molecule has 0 aliphatic rings. The second-order valence-corrected chi connectivity index (χ2v) is 4.54. The summed E-state index contributed by atoms with van der Waals surface area (Å²) in [6.07, 6.45) is 5.30. The number of benzene rings is 1. The third-order valence-corrected chi connectivity index (χ3v) is 3.06. The first kappa shape index (κ1) is 14.3. The molecule has 96 valence electrons. The quantitative estimate of drug-likeness (QED) is 0.810. The van der Waals surface area contributed by atoms with Crippen LogP contribution in [0.15, 0.2) is 18.2 Å². The van der Waals surface area contributed by atoms with E-state index < -0.39 is 5.97 Å². The summed E-state index contributed by atoms with van der Waals surface area (Å²) in [6, 6.07) is 6.17. The predicted molar refractivity (Wildman–Crippen MR) is 72.4 cm³/mol. The molecule has 0 saturated heterocycles. The fourth-order valence-electron chi connectivity index (χ4n) is 2.11. The fourth-order valence-corrected chi connectivity index (χ4v) is 2.11. The monoisotopic (exact) mass is 245 g/mol. The predicted octanol–water partition coefficient (Wildman–Crippen LogP) is 2.38. The molecule has 0 amide bonds. The van der Waals surface area contributed by atoms with Gasteiger partial charge in [0, 0.05) is 6.04 Å². The van der Waals surface area contributed by atoms with E-state index in [9.17, 15) is 4.79 Å². The van der Waals surface area contributed by atoms with Crippen molar-refractivity contribution in [2.75, 3.05) is 13.1 Å². The molecule has 0 aliphatic carbocycles. The van der Waals surface area contributed by atoms with Crippen molar-refractivity contribution < 1.29 is 9.90 Å². The van der Waals surface area contributed by atoms with Crippen molar-refractivity contribution in [3.8, 4) is 12.3 Å². The highest BCUT2D eigenvalue weighted by Gasteiger charge is 2.18. The van der Waals surface area contributed by atoms with Crippen LogP contribution in [-0.2, 0) is 4.79 Å². The fraction of sp³-hybridized carbons (Fsp3) is 0.400. The van der Waals surface area contributed by atoms with Gasteiger partial charge in [0.15, 0.2) is 0 Å². The number of aliphatic carboxylic acids is 1. The van der Waals surface area contributed by atoms with Gasteiger partial charge >= 0.3 is 5.97 Å². The van der Waals surface area contributed by atoms with E-state index in [1.54, 1.807) is 4.90 Å². The molecule has 0 saturated carbocycles. The maximum atomic E-state index is 10.8. The van der Waals surface area contributed by atoms with Crippen LogP contribution in [0.5, 0.6) is 0 Å². The van der Waals surface area contributed by atoms with Gasteiger partial charge in [-0.25, -0.2) is 0 Å². The number of carbonyl (C=O) groups is 1. The maximum absolute atomic E-state index is 10.8. The van der Waals surface area contributed by atoms with Gasteiger partial charge in [-0.1, -0.05) is 29.7 Å². The van der Waals surface area contributed by atoms with Crippen LogP contribution in [0, 0.1) is 26.2 Å². The molecule has 0 aliphatic heterocycles. The van der Waals surface area contributed by atoms with Gasteiger partial charge in [0.1, 0.15) is 0 Å². The van der Waals surface area contributed by atoms with E-state index in [1.165, 1.54) is 5.56 Å². The van der Waals surface area contributed by atoms with Gasteiger partial charge in [-0.3, -0.25) is 9.69 Å². The SMILES string of the molecule is C#CCN(CC(=O)O)C(C)c1ccc(C)cc1C. The highest BCUT2D eigenvalue weighted by Crippen LogP contribution is 2.23. The standard InChI is InChI=1S/C15H19NO2/c1-5-8-16(10-15(17)18)13(4)14-7-6-11(2)9-12(14)3/h1,6-7,9,13H,8,10H2,2-4H3,(H,17,18). The van der Waals surface area contributed by atoms with Crippen molar-refractivity contribution in [2.24, 2.45) is 0 Å². The van der Waals surface area contributed by atoms with E-state index in [0.717, 1.165) is 11.1 Å². The van der Waals surface area contributed by atoms with Crippen LogP contribution in [0.2, 0.25) is 0 Å². The summed E-state index contributed by atoms with van der Waals surface area (Å²) in [5.74, 6) is 1.66. The largest absolute Gasteiger partial charge is 0.480 e.